The van der Waals surface area contributed by atoms with Gasteiger partial charge in [-0.1, -0.05) is 24.3 Å². The van der Waals surface area contributed by atoms with E-state index in [9.17, 15) is 24.0 Å². The minimum Gasteiger partial charge on any atom is -0.662 e. The third-order valence-corrected chi connectivity index (χ3v) is 5.09. The van der Waals surface area contributed by atoms with E-state index in [0.29, 0.717) is 24.9 Å². The average molecular weight is 732 g/mol. The molecule has 0 atom stereocenters. The fourth-order valence-electron chi connectivity index (χ4n) is 3.23. The summed E-state index contributed by atoms with van der Waals surface area (Å²) in [6, 6.07) is 13.5. The van der Waals surface area contributed by atoms with Crippen molar-refractivity contribution in [1.29, 1.82) is 0 Å². The van der Waals surface area contributed by atoms with Crippen molar-refractivity contribution in [2.45, 2.75) is 105 Å². The molecule has 0 saturated heterocycles. The number of carbonyl (C=O) groups excluding carboxylic acids is 4. The van der Waals surface area contributed by atoms with Gasteiger partial charge in [0.25, 0.3) is 6.47 Å². The Morgan fingerprint density at radius 3 is 1.27 bits per heavy atom. The van der Waals surface area contributed by atoms with Gasteiger partial charge in [0.05, 0.1) is 11.1 Å². The van der Waals surface area contributed by atoms with E-state index in [4.69, 9.17) is 40.2 Å². The molecule has 4 N–H and O–H groups in total. The van der Waals surface area contributed by atoms with E-state index in [1.54, 1.807) is 90.1 Å². The van der Waals surface area contributed by atoms with Gasteiger partial charge in [-0.05, 0) is 124 Å². The van der Waals surface area contributed by atoms with Crippen molar-refractivity contribution in [3.05, 3.63) is 70.8 Å². The molecule has 0 aliphatic rings. The molecule has 0 spiro atoms. The smallest absolute Gasteiger partial charge is 0.662 e. The van der Waals surface area contributed by atoms with Crippen LogP contribution in [0.5, 0.6) is 0 Å². The molecule has 0 unspecified atom stereocenters. The molecule has 0 radical (unpaired) electrons. The molecule has 2 aromatic rings. The van der Waals surface area contributed by atoms with E-state index < -0.39 is 41.1 Å². The Bertz CT molecular complexity index is 1320. The number of benzene rings is 2. The minimum atomic E-state index is -1.06. The molecular weight excluding hydrogens is 681 g/mol. The van der Waals surface area contributed by atoms with Gasteiger partial charge in [-0.2, -0.15) is 0 Å². The molecule has 0 aliphatic carbocycles. The van der Waals surface area contributed by atoms with Crippen LogP contribution in [0.3, 0.4) is 0 Å². The zero-order valence-electron chi connectivity index (χ0n) is 31.1. The van der Waals surface area contributed by atoms with Crippen molar-refractivity contribution in [3.8, 4) is 0 Å². The molecule has 0 amide bonds. The minimum absolute atomic E-state index is 0. The summed E-state index contributed by atoms with van der Waals surface area (Å²) in [6.07, 6.45) is 0.478. The SMILES string of the molecule is CC(C)(C)OC(=O)CCCc1ccc(C(=O)O)cc1.CC(C)(C)OC(=O)OC(=O)OC(C)(C)C.NCCc1ccc(C(=O)O)cc1.O=CO[O-].[Na+]. The molecule has 15 nitrogen and oxygen atoms in total. The predicted molar refractivity (Wildman–Crippen MR) is 179 cm³/mol. The van der Waals surface area contributed by atoms with Crippen LogP contribution in [0.4, 0.5) is 9.59 Å². The molecular formula is C35H50NNaO14. The average Bonchev–Trinajstić information content (AvgIpc) is 2.95. The van der Waals surface area contributed by atoms with Crippen LogP contribution in [0.25, 0.3) is 0 Å². The van der Waals surface area contributed by atoms with Crippen molar-refractivity contribution in [3.63, 3.8) is 0 Å². The topological polar surface area (TPSA) is 238 Å². The summed E-state index contributed by atoms with van der Waals surface area (Å²) >= 11 is 0. The molecule has 280 valence electrons. The third kappa shape index (κ3) is 31.7. The molecule has 0 bridgehead atoms. The number of hydrogen-bond donors (Lipinski definition) is 3. The van der Waals surface area contributed by atoms with Crippen molar-refractivity contribution >= 4 is 36.7 Å². The monoisotopic (exact) mass is 731 g/mol. The molecule has 16 heteroatoms. The van der Waals surface area contributed by atoms with Gasteiger partial charge in [0.2, 0.25) is 0 Å². The summed E-state index contributed by atoms with van der Waals surface area (Å²) in [5, 5.41) is 25.8. The number of hydrogen-bond acceptors (Lipinski definition) is 13. The van der Waals surface area contributed by atoms with E-state index in [2.05, 4.69) is 9.62 Å². The number of aryl methyl sites for hydroxylation is 1. The van der Waals surface area contributed by atoms with Gasteiger partial charge < -0.3 is 45.0 Å². The molecule has 0 aliphatic heterocycles. The van der Waals surface area contributed by atoms with E-state index in [0.717, 1.165) is 24.0 Å². The third-order valence-electron chi connectivity index (χ3n) is 5.09. The summed E-state index contributed by atoms with van der Waals surface area (Å²) in [5.41, 5.74) is 6.19. The summed E-state index contributed by atoms with van der Waals surface area (Å²) in [5.74, 6) is -2.02. The summed E-state index contributed by atoms with van der Waals surface area (Å²) in [6.45, 7) is 16.0. The Kier molecular flexibility index (Phi) is 26.0. The fraction of sp³-hybridized carbons (Fsp3) is 0.486. The molecule has 2 rings (SSSR count). The predicted octanol–water partition coefficient (Wildman–Crippen LogP) is 2.25. The number of carboxylic acid groups (broad SMARTS) is 2. The van der Waals surface area contributed by atoms with Gasteiger partial charge in [0.1, 0.15) is 16.8 Å². The molecule has 0 fully saturated rings. The first-order chi connectivity index (χ1) is 22.9. The van der Waals surface area contributed by atoms with Crippen molar-refractivity contribution in [2.24, 2.45) is 5.73 Å². The second kappa shape index (κ2) is 25.9. The quantitative estimate of drug-likeness (QED) is 0.0638. The second-order valence-corrected chi connectivity index (χ2v) is 13.2. The van der Waals surface area contributed by atoms with Gasteiger partial charge in [0, 0.05) is 6.42 Å². The first-order valence-corrected chi connectivity index (χ1v) is 15.4. The first kappa shape index (κ1) is 51.4. The maximum atomic E-state index is 11.5. The number of carboxylic acids is 2. The maximum absolute atomic E-state index is 11.5. The van der Waals surface area contributed by atoms with Crippen LogP contribution < -0.4 is 40.5 Å². The van der Waals surface area contributed by atoms with Crippen LogP contribution in [0.15, 0.2) is 48.5 Å². The Balaban J connectivity index is -0.000000650. The van der Waals surface area contributed by atoms with E-state index in [-0.39, 0.29) is 47.6 Å². The van der Waals surface area contributed by atoms with E-state index in [1.807, 2.05) is 20.8 Å². The van der Waals surface area contributed by atoms with Crippen LogP contribution in [0, 0.1) is 0 Å². The van der Waals surface area contributed by atoms with Crippen LogP contribution in [-0.2, 0) is 46.3 Å². The number of nitrogens with two attached hydrogens (primary N) is 1. The zero-order valence-corrected chi connectivity index (χ0v) is 33.1. The molecule has 0 aromatic heterocycles. The summed E-state index contributed by atoms with van der Waals surface area (Å²) in [7, 11) is 0. The van der Waals surface area contributed by atoms with Gasteiger partial charge in [0.15, 0.2) is 0 Å². The van der Waals surface area contributed by atoms with Crippen LogP contribution in [0.2, 0.25) is 0 Å². The zero-order chi connectivity index (χ0) is 39.1. The van der Waals surface area contributed by atoms with Gasteiger partial charge in [-0.15, -0.1) is 0 Å². The maximum Gasteiger partial charge on any atom is 1.00 e. The molecule has 51 heavy (non-hydrogen) atoms. The fourth-order valence-corrected chi connectivity index (χ4v) is 3.23. The Labute approximate surface area is 321 Å². The number of esters is 1. The van der Waals surface area contributed by atoms with E-state index >= 15 is 0 Å². The molecule has 2 aromatic carbocycles. The van der Waals surface area contributed by atoms with Crippen molar-refractivity contribution < 1.29 is 97.6 Å². The van der Waals surface area contributed by atoms with Crippen LogP contribution in [-0.4, -0.2) is 70.3 Å². The Morgan fingerprint density at radius 2 is 1.00 bits per heavy atom. The van der Waals surface area contributed by atoms with Crippen LogP contribution in [0.1, 0.15) is 107 Å². The van der Waals surface area contributed by atoms with Gasteiger partial charge >= 0.3 is 59.8 Å². The van der Waals surface area contributed by atoms with Gasteiger partial charge in [-0.3, -0.25) is 9.59 Å². The largest absolute Gasteiger partial charge is 1.00 e. The normalized spacial score (nSPS) is 10.3. The number of carbonyl (C=O) groups is 6. The first-order valence-electron chi connectivity index (χ1n) is 15.4. The number of ether oxygens (including phenoxy) is 4. The number of rotatable bonds is 9. The summed E-state index contributed by atoms with van der Waals surface area (Å²) < 4.78 is 19.0. The summed E-state index contributed by atoms with van der Waals surface area (Å²) in [4.78, 5) is 65.9. The molecule has 0 heterocycles. The van der Waals surface area contributed by atoms with E-state index in [1.165, 1.54) is 0 Å². The second-order valence-electron chi connectivity index (χ2n) is 13.2. The standard InChI is InChI=1S/C15H20O4.C10H18O5.C9H11NO2.CH2O3.Na/c1-15(2,3)19-13(16)6-4-5-11-7-9-12(10-8-11)14(17)18;1-9(2,3)14-7(11)13-8(12)15-10(4,5)6;10-6-5-7-1-3-8(4-2-7)9(11)12;2-1-4-3;/h7-10H,4-6H2,1-3H3,(H,17,18);1-6H3;1-4H,5-6,10H2,(H,11,12);1,3H;/q;;;;+1/p-1. The van der Waals surface area contributed by atoms with Crippen molar-refractivity contribution in [1.82, 2.24) is 0 Å². The Hall–Kier alpha value is -4.02. The van der Waals surface area contributed by atoms with Crippen LogP contribution >= 0.6 is 0 Å². The van der Waals surface area contributed by atoms with Crippen molar-refractivity contribution in [2.75, 3.05) is 6.54 Å². The number of aromatic carboxylic acids is 2. The van der Waals surface area contributed by atoms with Gasteiger partial charge in [-0.25, -0.2) is 19.2 Å². The Morgan fingerprint density at radius 1 is 0.667 bits per heavy atom. The molecule has 0 saturated carbocycles.